The number of sulfonamides is 1. The molecule has 1 aliphatic rings. The number of hydrogen-bond donors (Lipinski definition) is 1. The maximum absolute atomic E-state index is 12.7. The molecule has 106 valence electrons. The van der Waals surface area contributed by atoms with Gasteiger partial charge in [-0.1, -0.05) is 0 Å². The van der Waals surface area contributed by atoms with Gasteiger partial charge in [-0.3, -0.25) is 4.79 Å². The normalized spacial score (nSPS) is 20.3. The van der Waals surface area contributed by atoms with E-state index in [0.29, 0.717) is 17.3 Å². The van der Waals surface area contributed by atoms with Crippen molar-refractivity contribution in [1.82, 2.24) is 9.62 Å². The van der Waals surface area contributed by atoms with E-state index >= 15 is 0 Å². The summed E-state index contributed by atoms with van der Waals surface area (Å²) in [6.07, 6.45) is 0. The number of amides is 1. The van der Waals surface area contributed by atoms with E-state index in [1.165, 1.54) is 15.6 Å². The Kier molecular flexibility index (Phi) is 3.49. The number of nitrogens with one attached hydrogen (secondary N) is 1. The maximum Gasteiger partial charge on any atom is 0.253 e. The third kappa shape index (κ3) is 2.30. The van der Waals surface area contributed by atoms with Gasteiger partial charge in [-0.05, 0) is 39.3 Å². The minimum absolute atomic E-state index is 0.257. The molecule has 0 bridgehead atoms. The molecule has 19 heavy (non-hydrogen) atoms. The van der Waals surface area contributed by atoms with Gasteiger partial charge in [0.05, 0.1) is 0 Å². The number of thiophene rings is 1. The second kappa shape index (κ2) is 4.57. The molecule has 1 saturated heterocycles. The van der Waals surface area contributed by atoms with Crippen LogP contribution in [0.3, 0.4) is 0 Å². The third-order valence-electron chi connectivity index (χ3n) is 3.47. The zero-order valence-electron chi connectivity index (χ0n) is 11.5. The molecule has 2 rings (SSSR count). The van der Waals surface area contributed by atoms with Crippen molar-refractivity contribution in [1.29, 1.82) is 0 Å². The van der Waals surface area contributed by atoms with Gasteiger partial charge in [0, 0.05) is 18.0 Å². The monoisotopic (exact) mass is 302 g/mol. The van der Waals surface area contributed by atoms with Crippen molar-refractivity contribution in [3.63, 3.8) is 0 Å². The molecule has 0 saturated carbocycles. The second-order valence-corrected chi connectivity index (χ2v) is 8.54. The van der Waals surface area contributed by atoms with Crippen LogP contribution in [0.4, 0.5) is 0 Å². The highest BCUT2D eigenvalue weighted by Gasteiger charge is 2.45. The molecule has 0 radical (unpaired) electrons. The van der Waals surface area contributed by atoms with Crippen molar-refractivity contribution in [3.8, 4) is 0 Å². The van der Waals surface area contributed by atoms with E-state index in [4.69, 9.17) is 0 Å². The van der Waals surface area contributed by atoms with Crippen molar-refractivity contribution in [2.24, 2.45) is 0 Å². The molecule has 7 heteroatoms. The lowest BCUT2D eigenvalue weighted by atomic mass is 10.0. The zero-order valence-corrected chi connectivity index (χ0v) is 13.1. The summed E-state index contributed by atoms with van der Waals surface area (Å²) in [5.41, 5.74) is -0.0917. The van der Waals surface area contributed by atoms with Gasteiger partial charge in [0.25, 0.3) is 10.0 Å². The topological polar surface area (TPSA) is 66.5 Å². The molecule has 0 aliphatic carbocycles. The molecular formula is C12H18N2O3S2. The minimum Gasteiger partial charge on any atom is -0.353 e. The molecular weight excluding hydrogens is 284 g/mol. The molecule has 2 heterocycles. The van der Waals surface area contributed by atoms with E-state index < -0.39 is 15.6 Å². The molecule has 0 unspecified atom stereocenters. The van der Waals surface area contributed by atoms with Crippen molar-refractivity contribution >= 4 is 27.3 Å². The average molecular weight is 302 g/mol. The Hall–Kier alpha value is -0.920. The maximum atomic E-state index is 12.7. The summed E-state index contributed by atoms with van der Waals surface area (Å²) in [5.74, 6) is -0.257. The highest BCUT2D eigenvalue weighted by molar-refractivity contribution is 7.91. The van der Waals surface area contributed by atoms with E-state index in [1.807, 2.05) is 13.8 Å². The van der Waals surface area contributed by atoms with Crippen LogP contribution in [0.5, 0.6) is 0 Å². The standard InChI is InChI=1S/C12H18N2O3S2/c1-8-7-10(18-9(8)2)19(16,17)14-6-5-13-11(15)12(14,3)4/h7H,5-6H2,1-4H3,(H,13,15). The van der Waals surface area contributed by atoms with Gasteiger partial charge in [0.2, 0.25) is 5.91 Å². The highest BCUT2D eigenvalue weighted by atomic mass is 32.2. The van der Waals surface area contributed by atoms with Gasteiger partial charge in [-0.25, -0.2) is 8.42 Å². The molecule has 0 aromatic carbocycles. The van der Waals surface area contributed by atoms with Gasteiger partial charge in [-0.15, -0.1) is 11.3 Å². The molecule has 5 nitrogen and oxygen atoms in total. The summed E-state index contributed by atoms with van der Waals surface area (Å²) >= 11 is 1.26. The first-order valence-electron chi connectivity index (χ1n) is 6.05. The van der Waals surface area contributed by atoms with E-state index in [-0.39, 0.29) is 5.91 Å². The number of carbonyl (C=O) groups excluding carboxylic acids is 1. The van der Waals surface area contributed by atoms with Gasteiger partial charge >= 0.3 is 0 Å². The van der Waals surface area contributed by atoms with Crippen LogP contribution in [0.15, 0.2) is 10.3 Å². The quantitative estimate of drug-likeness (QED) is 0.894. The fourth-order valence-electron chi connectivity index (χ4n) is 2.08. The summed E-state index contributed by atoms with van der Waals surface area (Å²) in [6, 6.07) is 1.68. The molecule has 1 fully saturated rings. The smallest absolute Gasteiger partial charge is 0.253 e. The van der Waals surface area contributed by atoms with Crippen LogP contribution in [0.1, 0.15) is 24.3 Å². The predicted molar refractivity (Wildman–Crippen MR) is 74.8 cm³/mol. The molecule has 1 aromatic rings. The third-order valence-corrected chi connectivity index (χ3v) is 7.14. The summed E-state index contributed by atoms with van der Waals surface area (Å²) in [6.45, 7) is 7.70. The van der Waals surface area contributed by atoms with Crippen molar-refractivity contribution in [2.45, 2.75) is 37.4 Å². The number of piperazine rings is 1. The minimum atomic E-state index is -3.61. The van der Waals surface area contributed by atoms with Crippen LogP contribution in [0.2, 0.25) is 0 Å². The fraction of sp³-hybridized carbons (Fsp3) is 0.583. The summed E-state index contributed by atoms with van der Waals surface area (Å²) in [4.78, 5) is 12.8. The summed E-state index contributed by atoms with van der Waals surface area (Å²) in [5, 5.41) is 2.70. The number of nitrogens with zero attached hydrogens (tertiary/aromatic N) is 1. The average Bonchev–Trinajstić information content (AvgIpc) is 2.63. The number of aryl methyl sites for hydroxylation is 2. The second-order valence-electron chi connectivity index (χ2n) is 5.20. The van der Waals surface area contributed by atoms with Crippen LogP contribution >= 0.6 is 11.3 Å². The van der Waals surface area contributed by atoms with Gasteiger partial charge in [0.1, 0.15) is 9.75 Å². The SMILES string of the molecule is Cc1cc(S(=O)(=O)N2CCNC(=O)C2(C)C)sc1C. The van der Waals surface area contributed by atoms with E-state index in [0.717, 1.165) is 10.4 Å². The predicted octanol–water partition coefficient (Wildman–Crippen LogP) is 1.26. The van der Waals surface area contributed by atoms with E-state index in [2.05, 4.69) is 5.32 Å². The van der Waals surface area contributed by atoms with E-state index in [9.17, 15) is 13.2 Å². The Morgan fingerprint density at radius 3 is 2.53 bits per heavy atom. The number of carbonyl (C=O) groups is 1. The highest BCUT2D eigenvalue weighted by Crippen LogP contribution is 2.32. The molecule has 0 atom stereocenters. The summed E-state index contributed by atoms with van der Waals surface area (Å²) < 4.78 is 26.9. The summed E-state index contributed by atoms with van der Waals surface area (Å²) in [7, 11) is -3.61. The van der Waals surface area contributed by atoms with Crippen LogP contribution in [0, 0.1) is 13.8 Å². The molecule has 1 aliphatic heterocycles. The number of rotatable bonds is 2. The molecule has 1 aromatic heterocycles. The Morgan fingerprint density at radius 1 is 1.37 bits per heavy atom. The molecule has 1 N–H and O–H groups in total. The first-order chi connectivity index (χ1) is 8.67. The Labute approximate surface area is 117 Å². The van der Waals surface area contributed by atoms with Gasteiger partial charge < -0.3 is 5.32 Å². The number of hydrogen-bond acceptors (Lipinski definition) is 4. The Balaban J connectivity index is 2.47. The zero-order chi connectivity index (χ0) is 14.4. The van der Waals surface area contributed by atoms with Crippen molar-refractivity contribution < 1.29 is 13.2 Å². The molecule has 1 amide bonds. The van der Waals surface area contributed by atoms with Gasteiger partial charge in [0.15, 0.2) is 0 Å². The van der Waals surface area contributed by atoms with Gasteiger partial charge in [-0.2, -0.15) is 4.31 Å². The van der Waals surface area contributed by atoms with Crippen LogP contribution < -0.4 is 5.32 Å². The fourth-order valence-corrected chi connectivity index (χ4v) is 5.46. The Morgan fingerprint density at radius 2 is 2.00 bits per heavy atom. The van der Waals surface area contributed by atoms with Crippen molar-refractivity contribution in [3.05, 3.63) is 16.5 Å². The first-order valence-corrected chi connectivity index (χ1v) is 8.31. The van der Waals surface area contributed by atoms with Crippen LogP contribution in [-0.2, 0) is 14.8 Å². The largest absolute Gasteiger partial charge is 0.353 e. The van der Waals surface area contributed by atoms with E-state index in [1.54, 1.807) is 19.9 Å². The lowest BCUT2D eigenvalue weighted by Gasteiger charge is -2.39. The lowest BCUT2D eigenvalue weighted by Crippen LogP contribution is -2.63. The molecule has 0 spiro atoms. The first kappa shape index (κ1) is 14.5. The van der Waals surface area contributed by atoms with Crippen LogP contribution in [-0.4, -0.2) is 37.3 Å². The van der Waals surface area contributed by atoms with Crippen LogP contribution in [0.25, 0.3) is 0 Å². The van der Waals surface area contributed by atoms with Crippen molar-refractivity contribution in [2.75, 3.05) is 13.1 Å². The lowest BCUT2D eigenvalue weighted by molar-refractivity contribution is -0.131. The Bertz CT molecular complexity index is 597.